The van der Waals surface area contributed by atoms with Crippen LogP contribution in [0, 0.1) is 0 Å². The molecule has 0 aromatic heterocycles. The number of nitrogens with one attached hydrogen (secondary N) is 1. The number of hydrogen-bond donors (Lipinski definition) is 2. The molecule has 0 bridgehead atoms. The molecular formula is C18H36Cl2NOSi2Zr. The summed E-state index contributed by atoms with van der Waals surface area (Å²) in [7, 11) is 0. The van der Waals surface area contributed by atoms with Gasteiger partial charge in [0.05, 0.1) is 0 Å². The van der Waals surface area contributed by atoms with Gasteiger partial charge in [-0.15, -0.1) is 24.8 Å². The number of hydrogen-bond acceptors (Lipinski definition) is 2. The predicted molar refractivity (Wildman–Crippen MR) is 121 cm³/mol. The number of aliphatic hydroxyl groups is 1. The quantitative estimate of drug-likeness (QED) is 0.596. The first kappa shape index (κ1) is 25.8. The van der Waals surface area contributed by atoms with Crippen LogP contribution in [0.1, 0.15) is 35.5 Å². The Labute approximate surface area is 166 Å². The standard InChI is InChI=1S/C9H7.C4H10N.C2H5O.C2H7Si.CH3.2ClH.H2Si.Zr/c1-2-5-9-7-3-6-8(9)4-1;1-4(2,3)5;1-2-3;1-3-2;;;;;/h1-7H;5H,1-3H3;3H,1-2H2;3H,1-2H3;1H3;2*1H;1H2;/q;-1;;;;;;;+1. The van der Waals surface area contributed by atoms with Crippen molar-refractivity contribution >= 4 is 43.7 Å². The fraction of sp³-hybridized carbons (Fsp3) is 0.556. The fourth-order valence-corrected chi connectivity index (χ4v) is 44.5. The summed E-state index contributed by atoms with van der Waals surface area (Å²) in [6, 6.07) is 8.84. The van der Waals surface area contributed by atoms with E-state index in [0.717, 1.165) is 4.13 Å². The molecule has 1 unspecified atom stereocenters. The van der Waals surface area contributed by atoms with Crippen molar-refractivity contribution in [3.05, 3.63) is 41.5 Å². The fourth-order valence-electron chi connectivity index (χ4n) is 4.93. The number of aliphatic hydroxyl groups excluding tert-OH is 1. The molecule has 0 aliphatic heterocycles. The van der Waals surface area contributed by atoms with Crippen LogP contribution in [-0.4, -0.2) is 30.1 Å². The van der Waals surface area contributed by atoms with Gasteiger partial charge in [-0.2, -0.15) is 0 Å². The molecule has 7 heteroatoms. The van der Waals surface area contributed by atoms with Crippen LogP contribution in [0.2, 0.25) is 21.9 Å². The maximum Gasteiger partial charge on any atom is -0.147 e. The molecule has 0 spiro atoms. The van der Waals surface area contributed by atoms with Crippen molar-refractivity contribution in [1.82, 2.24) is 3.26 Å². The van der Waals surface area contributed by atoms with Gasteiger partial charge in [0.1, 0.15) is 0 Å². The zero-order valence-corrected chi connectivity index (χ0v) is 23.2. The Morgan fingerprint density at radius 1 is 1.20 bits per heavy atom. The summed E-state index contributed by atoms with van der Waals surface area (Å²) in [4.78, 5) is 0. The third kappa shape index (κ3) is 4.28. The Morgan fingerprint density at radius 2 is 1.76 bits per heavy atom. The Hall–Kier alpha value is 0.777. The Balaban J connectivity index is 0.00000288. The average molecular weight is 501 g/mol. The van der Waals surface area contributed by atoms with Crippen LogP contribution < -0.4 is 3.26 Å². The smallest absolute Gasteiger partial charge is 0.147 e. The molecule has 2 nitrogen and oxygen atoms in total. The zero-order valence-electron chi connectivity index (χ0n) is 16.5. The average Bonchev–Trinajstić information content (AvgIpc) is 2.81. The van der Waals surface area contributed by atoms with E-state index in [1.165, 1.54) is 11.1 Å². The SMILES string of the molecule is C[SiH](C)[Zr]([CH3])(=[SiH2])([CH2]CO)([NH]C(C)(C)C)[CH]1C=Cc2ccccc21.Cl.Cl. The molecule has 0 fully saturated rings. The normalized spacial score (nSPS) is 19.4. The summed E-state index contributed by atoms with van der Waals surface area (Å²) in [6.07, 6.45) is 4.76. The Kier molecular flexibility index (Phi) is 7.89. The van der Waals surface area contributed by atoms with Crippen LogP contribution in [0.5, 0.6) is 0 Å². The van der Waals surface area contributed by atoms with Gasteiger partial charge >= 0.3 is 142 Å². The maximum absolute atomic E-state index is 10.1. The van der Waals surface area contributed by atoms with Gasteiger partial charge in [0, 0.05) is 0 Å². The molecule has 1 aliphatic carbocycles. The number of fused-ring (bicyclic) bond motifs is 1. The van der Waals surface area contributed by atoms with Crippen molar-refractivity contribution in [2.75, 3.05) is 6.61 Å². The molecule has 1 aromatic rings. The first-order chi connectivity index (χ1) is 10.4. The number of rotatable bonds is 5. The van der Waals surface area contributed by atoms with Crippen LogP contribution in [0.25, 0.3) is 6.08 Å². The summed E-state index contributed by atoms with van der Waals surface area (Å²) in [5.41, 5.74) is 2.91. The van der Waals surface area contributed by atoms with Crippen LogP contribution in [-0.2, 0) is 15.4 Å². The monoisotopic (exact) mass is 498 g/mol. The van der Waals surface area contributed by atoms with Crippen molar-refractivity contribution in [3.8, 4) is 0 Å². The topological polar surface area (TPSA) is 32.3 Å². The minimum Gasteiger partial charge on any atom is -0.147 e. The van der Waals surface area contributed by atoms with E-state index < -0.39 is 21.3 Å². The molecule has 0 radical (unpaired) electrons. The second-order valence-corrected chi connectivity index (χ2v) is 71.7. The van der Waals surface area contributed by atoms with Crippen LogP contribution in [0.15, 0.2) is 30.3 Å². The molecule has 0 heterocycles. The van der Waals surface area contributed by atoms with Gasteiger partial charge in [0.25, 0.3) is 0 Å². The van der Waals surface area contributed by atoms with E-state index in [0.29, 0.717) is 3.63 Å². The van der Waals surface area contributed by atoms with E-state index in [4.69, 9.17) is 0 Å². The van der Waals surface area contributed by atoms with Gasteiger partial charge in [-0.1, -0.05) is 0 Å². The van der Waals surface area contributed by atoms with Crippen LogP contribution >= 0.6 is 24.8 Å². The van der Waals surface area contributed by atoms with Gasteiger partial charge in [-0.05, 0) is 0 Å². The summed E-state index contributed by atoms with van der Waals surface area (Å²) >= 11 is -3.96. The van der Waals surface area contributed by atoms with E-state index in [1.807, 2.05) is 0 Å². The first-order valence-corrected chi connectivity index (χ1v) is 28.7. The van der Waals surface area contributed by atoms with Crippen molar-refractivity contribution in [2.24, 2.45) is 0 Å². The second kappa shape index (κ2) is 7.65. The molecule has 1 aromatic carbocycles. The van der Waals surface area contributed by atoms with Gasteiger partial charge in [0.15, 0.2) is 0 Å². The van der Waals surface area contributed by atoms with E-state index >= 15 is 0 Å². The number of halogens is 2. The third-order valence-electron chi connectivity index (χ3n) is 6.67. The second-order valence-electron chi connectivity index (χ2n) is 9.88. The van der Waals surface area contributed by atoms with Crippen molar-refractivity contribution in [3.63, 3.8) is 0 Å². The minimum absolute atomic E-state index is 0. The first-order valence-electron chi connectivity index (χ1n) is 8.83. The van der Waals surface area contributed by atoms with Gasteiger partial charge in [-0.3, -0.25) is 0 Å². The van der Waals surface area contributed by atoms with E-state index in [2.05, 4.69) is 85.1 Å². The van der Waals surface area contributed by atoms with Crippen LogP contribution in [0.4, 0.5) is 0 Å². The Bertz CT molecular complexity index is 745. The molecule has 1 aliphatic rings. The van der Waals surface area contributed by atoms with Gasteiger partial charge < -0.3 is 0 Å². The molecule has 145 valence electrons. The van der Waals surface area contributed by atoms with Crippen molar-refractivity contribution in [1.29, 1.82) is 0 Å². The van der Waals surface area contributed by atoms with Gasteiger partial charge in [0.2, 0.25) is 0 Å². The molecule has 2 rings (SSSR count). The number of allylic oxidation sites excluding steroid dienone is 1. The molecule has 2 N–H and O–H groups in total. The largest absolute Gasteiger partial charge is 0.147 e. The van der Waals surface area contributed by atoms with Crippen molar-refractivity contribution in [2.45, 2.75) is 51.8 Å². The molecule has 0 amide bonds. The summed E-state index contributed by atoms with van der Waals surface area (Å²) in [5, 5.41) is 10.1. The minimum atomic E-state index is -3.96. The molecule has 0 saturated carbocycles. The van der Waals surface area contributed by atoms with E-state index in [-0.39, 0.29) is 37.0 Å². The summed E-state index contributed by atoms with van der Waals surface area (Å²) in [5.74, 6) is -1.09. The Morgan fingerprint density at radius 3 is 2.24 bits per heavy atom. The molecule has 25 heavy (non-hydrogen) atoms. The molecular weight excluding hydrogens is 465 g/mol. The third-order valence-corrected chi connectivity index (χ3v) is 80.6. The summed E-state index contributed by atoms with van der Waals surface area (Å²) in [6.45, 7) is 14.5. The van der Waals surface area contributed by atoms with Gasteiger partial charge in [-0.25, -0.2) is 0 Å². The van der Waals surface area contributed by atoms with Crippen LogP contribution in [0.3, 0.4) is 0 Å². The predicted octanol–water partition coefficient (Wildman–Crippen LogP) is 4.12. The summed E-state index contributed by atoms with van der Waals surface area (Å²) < 4.78 is 8.32. The molecule has 1 atom stereocenters. The maximum atomic E-state index is 10.1. The zero-order chi connectivity index (χ0) is 17.6. The van der Waals surface area contributed by atoms with E-state index in [1.54, 1.807) is 0 Å². The van der Waals surface area contributed by atoms with Crippen molar-refractivity contribution < 1.29 is 20.5 Å². The molecule has 0 saturated heterocycles. The number of benzene rings is 1. The van der Waals surface area contributed by atoms with E-state index in [9.17, 15) is 5.11 Å².